The Bertz CT molecular complexity index is 766. The average molecular weight is 370 g/mol. The number of nitrogens with zero attached hydrogens (tertiary/aromatic N) is 3. The lowest BCUT2D eigenvalue weighted by molar-refractivity contribution is 0.354. The molecular weight excluding hydrogens is 340 g/mol. The highest BCUT2D eigenvalue weighted by Gasteiger charge is 2.23. The summed E-state index contributed by atoms with van der Waals surface area (Å²) in [6.07, 6.45) is 4.86. The predicted octanol–water partition coefficient (Wildman–Crippen LogP) is 4.18. The van der Waals surface area contributed by atoms with Crippen LogP contribution >= 0.6 is 0 Å². The van der Waals surface area contributed by atoms with Gasteiger partial charge in [-0.3, -0.25) is 0 Å². The normalized spacial score (nSPS) is 16.9. The average Bonchev–Trinajstić information content (AvgIpc) is 2.71. The summed E-state index contributed by atoms with van der Waals surface area (Å²) in [4.78, 5) is 11.9. The molecule has 1 aromatic carbocycles. The molecule has 1 N–H and O–H groups in total. The zero-order valence-electron chi connectivity index (χ0n) is 16.8. The van der Waals surface area contributed by atoms with Crippen LogP contribution in [0, 0.1) is 6.92 Å². The SMILES string of the molecule is CCC1CCCCN1c1nc(C)cc(NCc2ccc(OC)c(OC)c2)n1. The first-order valence-corrected chi connectivity index (χ1v) is 9.71. The summed E-state index contributed by atoms with van der Waals surface area (Å²) in [6, 6.07) is 8.47. The van der Waals surface area contributed by atoms with Crippen molar-refractivity contribution in [3.63, 3.8) is 0 Å². The molecule has 1 unspecified atom stereocenters. The largest absolute Gasteiger partial charge is 0.493 e. The number of aromatic nitrogens is 2. The van der Waals surface area contributed by atoms with Crippen molar-refractivity contribution < 1.29 is 9.47 Å². The zero-order valence-corrected chi connectivity index (χ0v) is 16.8. The molecule has 0 aliphatic carbocycles. The second-order valence-corrected chi connectivity index (χ2v) is 6.99. The van der Waals surface area contributed by atoms with Crippen LogP contribution in [0.5, 0.6) is 11.5 Å². The van der Waals surface area contributed by atoms with Crippen LogP contribution in [-0.4, -0.2) is 36.8 Å². The number of rotatable bonds is 7. The Morgan fingerprint density at radius 3 is 2.67 bits per heavy atom. The first-order chi connectivity index (χ1) is 13.1. The molecule has 146 valence electrons. The third-order valence-electron chi connectivity index (χ3n) is 5.12. The van der Waals surface area contributed by atoms with Gasteiger partial charge in [-0.2, -0.15) is 4.98 Å². The Kier molecular flexibility index (Phi) is 6.37. The second-order valence-electron chi connectivity index (χ2n) is 6.99. The molecule has 27 heavy (non-hydrogen) atoms. The van der Waals surface area contributed by atoms with E-state index in [0.29, 0.717) is 12.6 Å². The summed E-state index contributed by atoms with van der Waals surface area (Å²) in [5.74, 6) is 3.16. The van der Waals surface area contributed by atoms with Crippen LogP contribution in [0.1, 0.15) is 43.9 Å². The van der Waals surface area contributed by atoms with Crippen LogP contribution in [0.2, 0.25) is 0 Å². The van der Waals surface area contributed by atoms with Gasteiger partial charge in [0.2, 0.25) is 5.95 Å². The van der Waals surface area contributed by atoms with Gasteiger partial charge in [0.1, 0.15) is 5.82 Å². The predicted molar refractivity (Wildman–Crippen MR) is 109 cm³/mol. The molecule has 1 atom stereocenters. The summed E-state index contributed by atoms with van der Waals surface area (Å²) in [5.41, 5.74) is 2.09. The van der Waals surface area contributed by atoms with Crippen LogP contribution in [0.15, 0.2) is 24.3 Å². The Balaban J connectivity index is 1.75. The molecule has 0 saturated carbocycles. The molecule has 1 aliphatic heterocycles. The molecule has 0 spiro atoms. The van der Waals surface area contributed by atoms with Crippen LogP contribution in [0.3, 0.4) is 0 Å². The van der Waals surface area contributed by atoms with Crippen molar-refractivity contribution in [2.24, 2.45) is 0 Å². The summed E-state index contributed by atoms with van der Waals surface area (Å²) >= 11 is 0. The summed E-state index contributed by atoms with van der Waals surface area (Å²) < 4.78 is 10.7. The van der Waals surface area contributed by atoms with Crippen molar-refractivity contribution >= 4 is 11.8 Å². The molecule has 3 rings (SSSR count). The Labute approximate surface area is 161 Å². The van der Waals surface area contributed by atoms with Crippen molar-refractivity contribution in [2.45, 2.75) is 52.1 Å². The van der Waals surface area contributed by atoms with Gasteiger partial charge in [-0.15, -0.1) is 0 Å². The van der Waals surface area contributed by atoms with Crippen molar-refractivity contribution in [1.82, 2.24) is 9.97 Å². The highest BCUT2D eigenvalue weighted by atomic mass is 16.5. The molecule has 2 heterocycles. The van der Waals surface area contributed by atoms with Gasteiger partial charge < -0.3 is 19.7 Å². The van der Waals surface area contributed by atoms with Crippen molar-refractivity contribution in [1.29, 1.82) is 0 Å². The van der Waals surface area contributed by atoms with Gasteiger partial charge in [0.25, 0.3) is 0 Å². The maximum atomic E-state index is 5.39. The third-order valence-corrected chi connectivity index (χ3v) is 5.12. The van der Waals surface area contributed by atoms with Crippen LogP contribution in [0.25, 0.3) is 0 Å². The molecule has 2 aromatic rings. The number of ether oxygens (including phenoxy) is 2. The number of hydrogen-bond acceptors (Lipinski definition) is 6. The molecule has 6 heteroatoms. The van der Waals surface area contributed by atoms with Gasteiger partial charge in [-0.25, -0.2) is 4.98 Å². The summed E-state index contributed by atoms with van der Waals surface area (Å²) in [5, 5.41) is 3.43. The Hall–Kier alpha value is -2.50. The molecule has 1 aromatic heterocycles. The van der Waals surface area contributed by atoms with Gasteiger partial charge in [-0.05, 0) is 50.3 Å². The fourth-order valence-electron chi connectivity index (χ4n) is 3.64. The number of nitrogens with one attached hydrogen (secondary N) is 1. The van der Waals surface area contributed by atoms with E-state index >= 15 is 0 Å². The standard InChI is InChI=1S/C21H30N4O2/c1-5-17-8-6-7-11-25(17)21-23-15(2)12-20(24-21)22-14-16-9-10-18(26-3)19(13-16)27-4/h9-10,12-13,17H,5-8,11,14H2,1-4H3,(H,22,23,24). The molecular formula is C21H30N4O2. The first kappa shape index (κ1) is 19.3. The van der Waals surface area contributed by atoms with Gasteiger partial charge in [-0.1, -0.05) is 13.0 Å². The van der Waals surface area contributed by atoms with E-state index in [2.05, 4.69) is 17.1 Å². The van der Waals surface area contributed by atoms with Crippen molar-refractivity contribution in [3.05, 3.63) is 35.5 Å². The van der Waals surface area contributed by atoms with Crippen LogP contribution < -0.4 is 19.7 Å². The Morgan fingerprint density at radius 2 is 1.93 bits per heavy atom. The number of methoxy groups -OCH3 is 2. The quantitative estimate of drug-likeness (QED) is 0.789. The van der Waals surface area contributed by atoms with E-state index in [9.17, 15) is 0 Å². The van der Waals surface area contributed by atoms with Gasteiger partial charge in [0, 0.05) is 30.9 Å². The van der Waals surface area contributed by atoms with Crippen molar-refractivity contribution in [2.75, 3.05) is 31.0 Å². The van der Waals surface area contributed by atoms with Gasteiger partial charge in [0.05, 0.1) is 14.2 Å². The molecule has 1 aliphatic rings. The number of benzene rings is 1. The van der Waals surface area contributed by atoms with E-state index in [0.717, 1.165) is 47.5 Å². The van der Waals surface area contributed by atoms with E-state index in [1.165, 1.54) is 19.3 Å². The number of anilines is 2. The highest BCUT2D eigenvalue weighted by Crippen LogP contribution is 2.28. The zero-order chi connectivity index (χ0) is 19.2. The lowest BCUT2D eigenvalue weighted by Gasteiger charge is -2.35. The molecule has 1 fully saturated rings. The fraction of sp³-hybridized carbons (Fsp3) is 0.524. The maximum absolute atomic E-state index is 5.39. The smallest absolute Gasteiger partial charge is 0.227 e. The lowest BCUT2D eigenvalue weighted by atomic mass is 10.0. The van der Waals surface area contributed by atoms with E-state index in [1.54, 1.807) is 14.2 Å². The monoisotopic (exact) mass is 370 g/mol. The Morgan fingerprint density at radius 1 is 1.11 bits per heavy atom. The highest BCUT2D eigenvalue weighted by molar-refractivity contribution is 5.47. The molecule has 0 amide bonds. The van der Waals surface area contributed by atoms with Gasteiger partial charge >= 0.3 is 0 Å². The van der Waals surface area contributed by atoms with E-state index in [-0.39, 0.29) is 0 Å². The topological polar surface area (TPSA) is 59.5 Å². The minimum Gasteiger partial charge on any atom is -0.493 e. The van der Waals surface area contributed by atoms with Crippen LogP contribution in [0.4, 0.5) is 11.8 Å². The summed E-state index contributed by atoms with van der Waals surface area (Å²) in [6.45, 7) is 5.97. The maximum Gasteiger partial charge on any atom is 0.227 e. The minimum absolute atomic E-state index is 0.541. The third kappa shape index (κ3) is 4.62. The molecule has 0 bridgehead atoms. The molecule has 6 nitrogen and oxygen atoms in total. The van der Waals surface area contributed by atoms with Gasteiger partial charge in [0.15, 0.2) is 11.5 Å². The van der Waals surface area contributed by atoms with Crippen molar-refractivity contribution in [3.8, 4) is 11.5 Å². The number of hydrogen-bond donors (Lipinski definition) is 1. The van der Waals surface area contributed by atoms with Crippen LogP contribution in [-0.2, 0) is 6.54 Å². The summed E-state index contributed by atoms with van der Waals surface area (Å²) in [7, 11) is 3.29. The number of aryl methyl sites for hydroxylation is 1. The second kappa shape index (κ2) is 8.93. The lowest BCUT2D eigenvalue weighted by Crippen LogP contribution is -2.40. The minimum atomic E-state index is 0.541. The number of piperidine rings is 1. The molecule has 1 saturated heterocycles. The van der Waals surface area contributed by atoms with E-state index in [1.807, 2.05) is 31.2 Å². The first-order valence-electron chi connectivity index (χ1n) is 9.71. The fourth-order valence-corrected chi connectivity index (χ4v) is 3.64. The van der Waals surface area contributed by atoms with E-state index < -0.39 is 0 Å². The molecule has 0 radical (unpaired) electrons. The van der Waals surface area contributed by atoms with E-state index in [4.69, 9.17) is 19.4 Å².